The van der Waals surface area contributed by atoms with Crippen LogP contribution in [0, 0.1) is 5.82 Å². The van der Waals surface area contributed by atoms with Gasteiger partial charge in [0.05, 0.1) is 6.04 Å². The van der Waals surface area contributed by atoms with Gasteiger partial charge in [0.2, 0.25) is 0 Å². The van der Waals surface area contributed by atoms with Crippen molar-refractivity contribution >= 4 is 27.5 Å². The van der Waals surface area contributed by atoms with E-state index in [1.54, 1.807) is 22.9 Å². The highest BCUT2D eigenvalue weighted by Crippen LogP contribution is 2.23. The lowest BCUT2D eigenvalue weighted by Gasteiger charge is -2.24. The van der Waals surface area contributed by atoms with Gasteiger partial charge in [-0.2, -0.15) is 0 Å². The van der Waals surface area contributed by atoms with Crippen LogP contribution in [0.2, 0.25) is 5.02 Å². The molecule has 0 saturated heterocycles. The van der Waals surface area contributed by atoms with Crippen molar-refractivity contribution in [3.8, 4) is 0 Å². The number of halogens is 3. The lowest BCUT2D eigenvalue weighted by molar-refractivity contribution is 0.346. The summed E-state index contributed by atoms with van der Waals surface area (Å²) in [4.78, 5) is 14.1. The molecule has 0 radical (unpaired) electrons. The first-order chi connectivity index (χ1) is 9.86. The highest BCUT2D eigenvalue weighted by Gasteiger charge is 2.17. The standard InChI is InChI=1S/C15H15BrClFN2O/c1-19(2)9-14(10-5-12(17)8-13(18)6-10)20-4-3-11(16)7-15(20)21/h3-8,14H,9H2,1-2H3. The zero-order valence-corrected chi connectivity index (χ0v) is 14.0. The molecule has 1 aromatic heterocycles. The minimum Gasteiger partial charge on any atom is -0.307 e. The SMILES string of the molecule is CN(C)CC(c1cc(F)cc(Cl)c1)n1ccc(Br)cc1=O. The van der Waals surface area contributed by atoms with Gasteiger partial charge in [0.1, 0.15) is 5.82 Å². The monoisotopic (exact) mass is 372 g/mol. The van der Waals surface area contributed by atoms with Gasteiger partial charge in [-0.05, 0) is 43.9 Å². The molecule has 21 heavy (non-hydrogen) atoms. The van der Waals surface area contributed by atoms with Crippen molar-refractivity contribution < 1.29 is 4.39 Å². The van der Waals surface area contributed by atoms with Crippen LogP contribution in [0.15, 0.2) is 45.8 Å². The Balaban J connectivity index is 2.54. The van der Waals surface area contributed by atoms with Gasteiger partial charge < -0.3 is 9.47 Å². The molecule has 0 saturated carbocycles. The summed E-state index contributed by atoms with van der Waals surface area (Å²) in [6, 6.07) is 7.31. The molecule has 0 N–H and O–H groups in total. The fraction of sp³-hybridized carbons (Fsp3) is 0.267. The second-order valence-electron chi connectivity index (χ2n) is 5.07. The maximum Gasteiger partial charge on any atom is 0.252 e. The quantitative estimate of drug-likeness (QED) is 0.819. The zero-order valence-electron chi connectivity index (χ0n) is 11.7. The second kappa shape index (κ2) is 6.73. The smallest absolute Gasteiger partial charge is 0.252 e. The van der Waals surface area contributed by atoms with Crippen molar-refractivity contribution in [1.29, 1.82) is 0 Å². The van der Waals surface area contributed by atoms with Crippen molar-refractivity contribution in [3.63, 3.8) is 0 Å². The molecule has 1 atom stereocenters. The van der Waals surface area contributed by atoms with Crippen LogP contribution in [0.3, 0.4) is 0 Å². The van der Waals surface area contributed by atoms with E-state index in [0.29, 0.717) is 21.6 Å². The van der Waals surface area contributed by atoms with E-state index in [0.717, 1.165) is 0 Å². The topological polar surface area (TPSA) is 25.2 Å². The second-order valence-corrected chi connectivity index (χ2v) is 6.42. The Hall–Kier alpha value is -1.17. The predicted molar refractivity (Wildman–Crippen MR) is 86.5 cm³/mol. The minimum atomic E-state index is -0.411. The van der Waals surface area contributed by atoms with Crippen LogP contribution in [0.4, 0.5) is 4.39 Å². The maximum atomic E-state index is 13.6. The van der Waals surface area contributed by atoms with Crippen molar-refractivity contribution in [1.82, 2.24) is 9.47 Å². The van der Waals surface area contributed by atoms with Crippen molar-refractivity contribution in [2.75, 3.05) is 20.6 Å². The molecule has 3 nitrogen and oxygen atoms in total. The summed E-state index contributed by atoms with van der Waals surface area (Å²) in [5.74, 6) is -0.411. The first kappa shape index (κ1) is 16.2. The Morgan fingerprint density at radius 2 is 2.05 bits per heavy atom. The van der Waals surface area contributed by atoms with Crippen molar-refractivity contribution in [3.05, 3.63) is 67.8 Å². The number of rotatable bonds is 4. The minimum absolute atomic E-state index is 0.156. The number of hydrogen-bond donors (Lipinski definition) is 0. The Bertz CT molecular complexity index is 682. The molecule has 0 bridgehead atoms. The third-order valence-electron chi connectivity index (χ3n) is 3.05. The summed E-state index contributed by atoms with van der Waals surface area (Å²) in [6.45, 7) is 0.557. The van der Waals surface area contributed by atoms with Gasteiger partial charge in [0, 0.05) is 28.3 Å². The van der Waals surface area contributed by atoms with Crippen LogP contribution in [-0.2, 0) is 0 Å². The van der Waals surface area contributed by atoms with Gasteiger partial charge in [-0.1, -0.05) is 27.5 Å². The van der Waals surface area contributed by atoms with Gasteiger partial charge in [-0.25, -0.2) is 4.39 Å². The molecule has 0 amide bonds. The lowest BCUT2D eigenvalue weighted by Crippen LogP contribution is -2.32. The Morgan fingerprint density at radius 3 is 2.62 bits per heavy atom. The van der Waals surface area contributed by atoms with Crippen LogP contribution in [0.25, 0.3) is 0 Å². The molecule has 2 rings (SSSR count). The predicted octanol–water partition coefficient (Wildman–Crippen LogP) is 3.55. The van der Waals surface area contributed by atoms with Crippen LogP contribution >= 0.6 is 27.5 Å². The maximum absolute atomic E-state index is 13.6. The van der Waals surface area contributed by atoms with Crippen molar-refractivity contribution in [2.45, 2.75) is 6.04 Å². The Morgan fingerprint density at radius 1 is 1.33 bits per heavy atom. The van der Waals surface area contributed by atoms with Gasteiger partial charge >= 0.3 is 0 Å². The highest BCUT2D eigenvalue weighted by atomic mass is 79.9. The number of benzene rings is 1. The van der Waals surface area contributed by atoms with Crippen LogP contribution in [0.5, 0.6) is 0 Å². The Labute approximate surface area is 136 Å². The first-order valence-electron chi connectivity index (χ1n) is 6.35. The fourth-order valence-electron chi connectivity index (χ4n) is 2.19. The van der Waals surface area contributed by atoms with Gasteiger partial charge in [0.25, 0.3) is 5.56 Å². The number of hydrogen-bond acceptors (Lipinski definition) is 2. The van der Waals surface area contributed by atoms with Gasteiger partial charge in [-0.3, -0.25) is 4.79 Å². The van der Waals surface area contributed by atoms with E-state index >= 15 is 0 Å². The molecule has 1 unspecified atom stereocenters. The summed E-state index contributed by atoms with van der Waals surface area (Å²) in [5, 5.41) is 0.318. The molecular weight excluding hydrogens is 359 g/mol. The van der Waals surface area contributed by atoms with Crippen LogP contribution in [-0.4, -0.2) is 30.1 Å². The fourth-order valence-corrected chi connectivity index (χ4v) is 2.73. The summed E-state index contributed by atoms with van der Waals surface area (Å²) < 4.78 is 15.9. The number of likely N-dealkylation sites (N-methyl/N-ethyl adjacent to an activating group) is 1. The molecule has 0 spiro atoms. The van der Waals surface area contributed by atoms with Crippen LogP contribution < -0.4 is 5.56 Å². The zero-order chi connectivity index (χ0) is 15.6. The van der Waals surface area contributed by atoms with E-state index in [1.807, 2.05) is 19.0 Å². The average molecular weight is 374 g/mol. The molecule has 1 heterocycles. The van der Waals surface area contributed by atoms with Gasteiger partial charge in [0.15, 0.2) is 0 Å². The van der Waals surface area contributed by atoms with E-state index in [1.165, 1.54) is 18.2 Å². The van der Waals surface area contributed by atoms with Gasteiger partial charge in [-0.15, -0.1) is 0 Å². The third-order valence-corrected chi connectivity index (χ3v) is 3.77. The number of aromatic nitrogens is 1. The molecule has 0 fully saturated rings. The van der Waals surface area contributed by atoms with E-state index in [9.17, 15) is 9.18 Å². The number of nitrogens with zero attached hydrogens (tertiary/aromatic N) is 2. The molecular formula is C15H15BrClFN2O. The highest BCUT2D eigenvalue weighted by molar-refractivity contribution is 9.10. The molecule has 1 aromatic carbocycles. The molecule has 0 aliphatic carbocycles. The molecule has 6 heteroatoms. The van der Waals surface area contributed by atoms with E-state index in [2.05, 4.69) is 15.9 Å². The summed E-state index contributed by atoms with van der Waals surface area (Å²) >= 11 is 9.21. The largest absolute Gasteiger partial charge is 0.307 e. The number of pyridine rings is 1. The lowest BCUT2D eigenvalue weighted by atomic mass is 10.1. The van der Waals surface area contributed by atoms with E-state index in [4.69, 9.17) is 11.6 Å². The molecule has 112 valence electrons. The molecule has 2 aromatic rings. The average Bonchev–Trinajstić information content (AvgIpc) is 2.35. The normalized spacial score (nSPS) is 12.7. The van der Waals surface area contributed by atoms with Crippen LogP contribution in [0.1, 0.15) is 11.6 Å². The summed E-state index contributed by atoms with van der Waals surface area (Å²) in [6.07, 6.45) is 1.69. The first-order valence-corrected chi connectivity index (χ1v) is 7.52. The summed E-state index contributed by atoms with van der Waals surface area (Å²) in [7, 11) is 3.80. The van der Waals surface area contributed by atoms with E-state index in [-0.39, 0.29) is 11.6 Å². The van der Waals surface area contributed by atoms with Crippen molar-refractivity contribution in [2.24, 2.45) is 0 Å². The summed E-state index contributed by atoms with van der Waals surface area (Å²) in [5.41, 5.74) is 0.509. The third kappa shape index (κ3) is 4.15. The molecule has 0 aliphatic rings. The molecule has 0 aliphatic heterocycles. The Kier molecular flexibility index (Phi) is 5.19. The van der Waals surface area contributed by atoms with E-state index < -0.39 is 5.82 Å².